The molecule has 144 valence electrons. The highest BCUT2D eigenvalue weighted by molar-refractivity contribution is 6.30. The molecular weight excluding hydrogens is 350 g/mol. The van der Waals surface area contributed by atoms with Crippen LogP contribution in [0.5, 0.6) is 0 Å². The quantitative estimate of drug-likeness (QED) is 0.432. The van der Waals surface area contributed by atoms with Crippen LogP contribution in [0.4, 0.5) is 0 Å². The van der Waals surface area contributed by atoms with Crippen LogP contribution in [0.1, 0.15) is 24.8 Å². The number of likely N-dealkylation sites (N-methyl/N-ethyl adjacent to an activating group) is 1. The average molecular weight is 380 g/mol. The van der Waals surface area contributed by atoms with E-state index < -0.39 is 0 Å². The summed E-state index contributed by atoms with van der Waals surface area (Å²) in [5.41, 5.74) is 1.11. The van der Waals surface area contributed by atoms with Crippen LogP contribution in [0.15, 0.2) is 29.3 Å². The van der Waals surface area contributed by atoms with Crippen LogP contribution in [0.25, 0.3) is 0 Å². The van der Waals surface area contributed by atoms with Crippen LogP contribution < -0.4 is 10.6 Å². The molecule has 1 heterocycles. The number of guanidine groups is 1. The Bertz CT molecular complexity index is 620. The molecule has 1 amide bonds. The Balaban J connectivity index is 1.70. The van der Waals surface area contributed by atoms with Gasteiger partial charge in [-0.25, -0.2) is 0 Å². The van der Waals surface area contributed by atoms with Crippen molar-refractivity contribution in [1.82, 2.24) is 20.4 Å². The summed E-state index contributed by atoms with van der Waals surface area (Å²) in [4.78, 5) is 20.5. The number of carbonyl (C=O) groups excluding carboxylic acids is 1. The maximum Gasteiger partial charge on any atom is 0.239 e. The molecule has 7 heteroatoms. The molecule has 1 fully saturated rings. The van der Waals surface area contributed by atoms with Crippen molar-refractivity contribution < 1.29 is 4.79 Å². The fourth-order valence-electron chi connectivity index (χ4n) is 3.21. The lowest BCUT2D eigenvalue weighted by atomic mass is 10.2. The molecule has 0 radical (unpaired) electrons. The molecule has 1 aromatic rings. The van der Waals surface area contributed by atoms with E-state index in [1.165, 1.54) is 0 Å². The van der Waals surface area contributed by atoms with E-state index in [4.69, 9.17) is 11.6 Å². The molecule has 1 atom stereocenters. The molecule has 1 aliphatic heterocycles. The number of hydrogen-bond donors (Lipinski definition) is 2. The largest absolute Gasteiger partial charge is 0.356 e. The van der Waals surface area contributed by atoms with E-state index in [0.717, 1.165) is 55.4 Å². The van der Waals surface area contributed by atoms with E-state index >= 15 is 0 Å². The van der Waals surface area contributed by atoms with Crippen LogP contribution in [-0.2, 0) is 11.3 Å². The van der Waals surface area contributed by atoms with Crippen LogP contribution in [-0.4, -0.2) is 68.5 Å². The molecule has 2 rings (SSSR count). The number of halogens is 1. The Kier molecular flexibility index (Phi) is 8.19. The van der Waals surface area contributed by atoms with Crippen LogP contribution in [0.2, 0.25) is 5.02 Å². The maximum absolute atomic E-state index is 12.2. The van der Waals surface area contributed by atoms with Gasteiger partial charge in [0.05, 0.1) is 6.04 Å². The number of nitrogens with one attached hydrogen (secondary N) is 2. The zero-order valence-electron chi connectivity index (χ0n) is 16.0. The second kappa shape index (κ2) is 10.4. The number of benzene rings is 1. The molecule has 1 aliphatic rings. The summed E-state index contributed by atoms with van der Waals surface area (Å²) in [6.45, 7) is 3.41. The summed E-state index contributed by atoms with van der Waals surface area (Å²) in [6, 6.07) is 7.82. The monoisotopic (exact) mass is 379 g/mol. The molecule has 0 aromatic heterocycles. The molecule has 1 unspecified atom stereocenters. The fraction of sp³-hybridized carbons (Fsp3) is 0.579. The van der Waals surface area contributed by atoms with E-state index in [1.54, 1.807) is 11.9 Å². The lowest BCUT2D eigenvalue weighted by Crippen LogP contribution is -2.44. The summed E-state index contributed by atoms with van der Waals surface area (Å²) in [6.07, 6.45) is 3.03. The highest BCUT2D eigenvalue weighted by Crippen LogP contribution is 2.18. The molecule has 1 saturated heterocycles. The summed E-state index contributed by atoms with van der Waals surface area (Å²) >= 11 is 6.01. The number of rotatable bonds is 7. The van der Waals surface area contributed by atoms with Crippen molar-refractivity contribution in [2.75, 3.05) is 40.8 Å². The third-order valence-corrected chi connectivity index (χ3v) is 4.81. The van der Waals surface area contributed by atoms with Gasteiger partial charge in [0.2, 0.25) is 5.91 Å². The highest BCUT2D eigenvalue weighted by atomic mass is 35.5. The van der Waals surface area contributed by atoms with Gasteiger partial charge in [-0.3, -0.25) is 14.7 Å². The first-order valence-electron chi connectivity index (χ1n) is 9.15. The van der Waals surface area contributed by atoms with Crippen molar-refractivity contribution in [3.05, 3.63) is 34.9 Å². The summed E-state index contributed by atoms with van der Waals surface area (Å²) in [5, 5.41) is 7.35. The van der Waals surface area contributed by atoms with Crippen LogP contribution in [0, 0.1) is 0 Å². The standard InChI is InChI=1S/C19H30ClN5O/c1-21-19(23-14-15-7-4-8-16(20)13-15)22-10-6-12-25-11-5-9-17(25)18(26)24(2)3/h4,7-8,13,17H,5-6,9-12,14H2,1-3H3,(H2,21,22,23). The van der Waals surface area contributed by atoms with E-state index in [2.05, 4.69) is 20.5 Å². The van der Waals surface area contributed by atoms with Gasteiger partial charge in [-0.1, -0.05) is 23.7 Å². The SMILES string of the molecule is CN=C(NCCCN1CCCC1C(=O)N(C)C)NCc1cccc(Cl)c1. The van der Waals surface area contributed by atoms with Gasteiger partial charge in [0.15, 0.2) is 5.96 Å². The first-order valence-corrected chi connectivity index (χ1v) is 9.53. The number of amides is 1. The van der Waals surface area contributed by atoms with E-state index in [0.29, 0.717) is 6.54 Å². The normalized spacial score (nSPS) is 18.0. The molecule has 1 aromatic carbocycles. The number of likely N-dealkylation sites (tertiary alicyclic amines) is 1. The van der Waals surface area contributed by atoms with Crippen LogP contribution >= 0.6 is 11.6 Å². The van der Waals surface area contributed by atoms with E-state index in [-0.39, 0.29) is 11.9 Å². The van der Waals surface area contributed by atoms with Gasteiger partial charge in [-0.2, -0.15) is 0 Å². The molecule has 0 bridgehead atoms. The third-order valence-electron chi connectivity index (χ3n) is 4.58. The Morgan fingerprint density at radius 1 is 1.38 bits per heavy atom. The number of nitrogens with zero attached hydrogens (tertiary/aromatic N) is 3. The Morgan fingerprint density at radius 2 is 2.19 bits per heavy atom. The summed E-state index contributed by atoms with van der Waals surface area (Å²) < 4.78 is 0. The smallest absolute Gasteiger partial charge is 0.239 e. The van der Waals surface area contributed by atoms with E-state index in [1.807, 2.05) is 38.4 Å². The minimum Gasteiger partial charge on any atom is -0.356 e. The first kappa shape index (κ1) is 20.5. The predicted octanol–water partition coefficient (Wildman–Crippen LogP) is 1.95. The van der Waals surface area contributed by atoms with Gasteiger partial charge >= 0.3 is 0 Å². The molecular formula is C19H30ClN5O. The number of hydrogen-bond acceptors (Lipinski definition) is 3. The summed E-state index contributed by atoms with van der Waals surface area (Å²) in [5.74, 6) is 0.988. The molecule has 0 aliphatic carbocycles. The molecule has 2 N–H and O–H groups in total. The third kappa shape index (κ3) is 6.18. The van der Waals surface area contributed by atoms with Crippen molar-refractivity contribution in [3.8, 4) is 0 Å². The predicted molar refractivity (Wildman–Crippen MR) is 108 cm³/mol. The van der Waals surface area contributed by atoms with Crippen molar-refractivity contribution in [3.63, 3.8) is 0 Å². The van der Waals surface area contributed by atoms with Gasteiger partial charge in [-0.15, -0.1) is 0 Å². The highest BCUT2D eigenvalue weighted by Gasteiger charge is 2.30. The van der Waals surface area contributed by atoms with Crippen LogP contribution in [0.3, 0.4) is 0 Å². The molecule has 0 saturated carbocycles. The fourth-order valence-corrected chi connectivity index (χ4v) is 3.43. The zero-order valence-corrected chi connectivity index (χ0v) is 16.7. The molecule has 0 spiro atoms. The van der Waals surface area contributed by atoms with Crippen molar-refractivity contribution in [1.29, 1.82) is 0 Å². The van der Waals surface area contributed by atoms with Gasteiger partial charge in [0.1, 0.15) is 0 Å². The zero-order chi connectivity index (χ0) is 18.9. The lowest BCUT2D eigenvalue weighted by molar-refractivity contribution is -0.133. The van der Waals surface area contributed by atoms with Gasteiger partial charge in [-0.05, 0) is 43.5 Å². The van der Waals surface area contributed by atoms with Crippen molar-refractivity contribution in [2.24, 2.45) is 4.99 Å². The van der Waals surface area contributed by atoms with Gasteiger partial charge in [0, 0.05) is 45.8 Å². The second-order valence-electron chi connectivity index (χ2n) is 6.76. The topological polar surface area (TPSA) is 60.0 Å². The Morgan fingerprint density at radius 3 is 2.88 bits per heavy atom. The minimum absolute atomic E-state index is 0.0465. The van der Waals surface area contributed by atoms with Gasteiger partial charge < -0.3 is 15.5 Å². The Labute approximate surface area is 161 Å². The maximum atomic E-state index is 12.2. The number of aliphatic imine (C=N–C) groups is 1. The van der Waals surface area contributed by atoms with Crippen molar-refractivity contribution >= 4 is 23.5 Å². The molecule has 26 heavy (non-hydrogen) atoms. The number of carbonyl (C=O) groups is 1. The second-order valence-corrected chi connectivity index (χ2v) is 7.20. The lowest BCUT2D eigenvalue weighted by Gasteiger charge is -2.26. The van der Waals surface area contributed by atoms with Gasteiger partial charge in [0.25, 0.3) is 0 Å². The minimum atomic E-state index is 0.0465. The molecule has 6 nitrogen and oxygen atoms in total. The van der Waals surface area contributed by atoms with Crippen molar-refractivity contribution in [2.45, 2.75) is 31.8 Å². The average Bonchev–Trinajstić information content (AvgIpc) is 3.08. The Hall–Kier alpha value is -1.79. The summed E-state index contributed by atoms with van der Waals surface area (Å²) in [7, 11) is 5.42. The van der Waals surface area contributed by atoms with E-state index in [9.17, 15) is 4.79 Å². The first-order chi connectivity index (χ1) is 12.5.